The number of hydrogen-bond acceptors (Lipinski definition) is 3. The fourth-order valence-corrected chi connectivity index (χ4v) is 2.37. The van der Waals surface area contributed by atoms with Gasteiger partial charge in [0.25, 0.3) is 0 Å². The Labute approximate surface area is 108 Å². The Morgan fingerprint density at radius 1 is 1.44 bits per heavy atom. The first kappa shape index (κ1) is 13.1. The quantitative estimate of drug-likeness (QED) is 0.843. The van der Waals surface area contributed by atoms with Crippen LogP contribution in [0.25, 0.3) is 0 Å². The molecule has 0 aromatic heterocycles. The van der Waals surface area contributed by atoms with E-state index in [4.69, 9.17) is 0 Å². The Bertz CT molecular complexity index is 419. The van der Waals surface area contributed by atoms with E-state index in [2.05, 4.69) is 22.6 Å². The van der Waals surface area contributed by atoms with Gasteiger partial charge in [0.05, 0.1) is 5.92 Å². The van der Waals surface area contributed by atoms with Crippen molar-refractivity contribution in [1.29, 1.82) is 0 Å². The maximum atomic E-state index is 12.2. The molecule has 1 heterocycles. The van der Waals surface area contributed by atoms with E-state index in [9.17, 15) is 4.79 Å². The van der Waals surface area contributed by atoms with E-state index in [0.717, 1.165) is 37.3 Å². The molecule has 1 aromatic rings. The minimum absolute atomic E-state index is 0.123. The second-order valence-electron chi connectivity index (χ2n) is 4.92. The molecule has 1 amide bonds. The van der Waals surface area contributed by atoms with Crippen LogP contribution in [0.2, 0.25) is 0 Å². The van der Waals surface area contributed by atoms with E-state index in [-0.39, 0.29) is 11.8 Å². The van der Waals surface area contributed by atoms with Crippen LogP contribution < -0.4 is 10.6 Å². The Balaban J connectivity index is 2.02. The summed E-state index contributed by atoms with van der Waals surface area (Å²) in [6, 6.07) is 7.94. The first-order chi connectivity index (χ1) is 8.70. The molecular formula is C14H21N3O. The summed E-state index contributed by atoms with van der Waals surface area (Å²) in [6.07, 6.45) is 0.955. The second kappa shape index (κ2) is 5.98. The van der Waals surface area contributed by atoms with Gasteiger partial charge in [-0.15, -0.1) is 0 Å². The number of carbonyl (C=O) groups excluding carboxylic acids is 1. The predicted molar refractivity (Wildman–Crippen MR) is 73.4 cm³/mol. The number of rotatable bonds is 4. The number of anilines is 1. The van der Waals surface area contributed by atoms with Gasteiger partial charge in [-0.05, 0) is 38.7 Å². The largest absolute Gasteiger partial charge is 0.326 e. The van der Waals surface area contributed by atoms with Gasteiger partial charge in [-0.3, -0.25) is 4.79 Å². The van der Waals surface area contributed by atoms with Gasteiger partial charge in [0.2, 0.25) is 5.91 Å². The normalized spacial score (nSPS) is 20.0. The van der Waals surface area contributed by atoms with Gasteiger partial charge < -0.3 is 15.5 Å². The lowest BCUT2D eigenvalue weighted by Crippen LogP contribution is -2.26. The molecule has 0 saturated carbocycles. The monoisotopic (exact) mass is 247 g/mol. The van der Waals surface area contributed by atoms with E-state index in [1.165, 1.54) is 0 Å². The van der Waals surface area contributed by atoms with Crippen molar-refractivity contribution in [3.63, 3.8) is 0 Å². The van der Waals surface area contributed by atoms with Gasteiger partial charge >= 0.3 is 0 Å². The summed E-state index contributed by atoms with van der Waals surface area (Å²) in [5.41, 5.74) is 2.05. The second-order valence-corrected chi connectivity index (χ2v) is 4.92. The molecule has 4 heteroatoms. The molecule has 0 bridgehead atoms. The first-order valence-corrected chi connectivity index (χ1v) is 6.42. The van der Waals surface area contributed by atoms with Gasteiger partial charge in [0, 0.05) is 18.8 Å². The lowest BCUT2D eigenvalue weighted by Gasteiger charge is -2.14. The van der Waals surface area contributed by atoms with E-state index < -0.39 is 0 Å². The summed E-state index contributed by atoms with van der Waals surface area (Å²) in [7, 11) is 3.97. The number of para-hydroxylation sites is 1. The van der Waals surface area contributed by atoms with Crippen molar-refractivity contribution in [3.05, 3.63) is 29.8 Å². The smallest absolute Gasteiger partial charge is 0.228 e. The first-order valence-electron chi connectivity index (χ1n) is 6.42. The van der Waals surface area contributed by atoms with Gasteiger partial charge in [-0.1, -0.05) is 18.2 Å². The fourth-order valence-electron chi connectivity index (χ4n) is 2.37. The molecule has 0 aliphatic carbocycles. The van der Waals surface area contributed by atoms with E-state index in [1.807, 2.05) is 31.3 Å². The Kier molecular flexibility index (Phi) is 4.33. The summed E-state index contributed by atoms with van der Waals surface area (Å²) in [5, 5.41) is 6.17. The number of amides is 1. The van der Waals surface area contributed by atoms with E-state index in [1.54, 1.807) is 0 Å². The standard InChI is InChI=1S/C14H21N3O/c1-15-9-11-5-3-4-6-13(11)16-14(18)12-7-8-17(2)10-12/h3-6,12,15H,7-10H2,1-2H3,(H,16,18). The van der Waals surface area contributed by atoms with E-state index in [0.29, 0.717) is 0 Å². The highest BCUT2D eigenvalue weighted by atomic mass is 16.1. The molecule has 1 aromatic carbocycles. The lowest BCUT2D eigenvalue weighted by atomic mass is 10.1. The average Bonchev–Trinajstić information content (AvgIpc) is 2.79. The third-order valence-electron chi connectivity index (χ3n) is 3.40. The topological polar surface area (TPSA) is 44.4 Å². The molecule has 2 rings (SSSR count). The van der Waals surface area contributed by atoms with Crippen molar-refractivity contribution in [2.45, 2.75) is 13.0 Å². The number of carbonyl (C=O) groups is 1. The number of likely N-dealkylation sites (tertiary alicyclic amines) is 1. The molecule has 2 N–H and O–H groups in total. The predicted octanol–water partition coefficient (Wildman–Crippen LogP) is 1.30. The minimum Gasteiger partial charge on any atom is -0.326 e. The highest BCUT2D eigenvalue weighted by Crippen LogP contribution is 2.19. The SMILES string of the molecule is CNCc1ccccc1NC(=O)C1CCN(C)C1. The van der Waals surface area contributed by atoms with Crippen molar-refractivity contribution in [1.82, 2.24) is 10.2 Å². The third kappa shape index (κ3) is 3.09. The Morgan fingerprint density at radius 3 is 2.89 bits per heavy atom. The zero-order valence-corrected chi connectivity index (χ0v) is 11.1. The molecule has 1 atom stereocenters. The van der Waals surface area contributed by atoms with Crippen molar-refractivity contribution in [2.75, 3.05) is 32.5 Å². The van der Waals surface area contributed by atoms with Gasteiger partial charge in [0.1, 0.15) is 0 Å². The van der Waals surface area contributed by atoms with Crippen molar-refractivity contribution in [3.8, 4) is 0 Å². The lowest BCUT2D eigenvalue weighted by molar-refractivity contribution is -0.119. The summed E-state index contributed by atoms with van der Waals surface area (Å²) >= 11 is 0. The van der Waals surface area contributed by atoms with Crippen LogP contribution in [0.5, 0.6) is 0 Å². The summed E-state index contributed by atoms with van der Waals surface area (Å²) in [4.78, 5) is 14.4. The Morgan fingerprint density at radius 2 is 2.22 bits per heavy atom. The number of hydrogen-bond donors (Lipinski definition) is 2. The van der Waals surface area contributed by atoms with Crippen molar-refractivity contribution < 1.29 is 4.79 Å². The van der Waals surface area contributed by atoms with Crippen LogP contribution in [0.1, 0.15) is 12.0 Å². The molecule has 0 spiro atoms. The number of nitrogens with zero attached hydrogens (tertiary/aromatic N) is 1. The average molecular weight is 247 g/mol. The van der Waals surface area contributed by atoms with Gasteiger partial charge in [-0.25, -0.2) is 0 Å². The van der Waals surface area contributed by atoms with Crippen LogP contribution in [0, 0.1) is 5.92 Å². The zero-order valence-electron chi connectivity index (χ0n) is 11.1. The van der Waals surface area contributed by atoms with Crippen molar-refractivity contribution in [2.24, 2.45) is 5.92 Å². The molecule has 4 nitrogen and oxygen atoms in total. The highest BCUT2D eigenvalue weighted by Gasteiger charge is 2.26. The molecule has 0 radical (unpaired) electrons. The van der Waals surface area contributed by atoms with Crippen LogP contribution in [0.3, 0.4) is 0 Å². The van der Waals surface area contributed by atoms with Gasteiger partial charge in [-0.2, -0.15) is 0 Å². The van der Waals surface area contributed by atoms with Crippen LogP contribution in [-0.2, 0) is 11.3 Å². The van der Waals surface area contributed by atoms with Gasteiger partial charge in [0.15, 0.2) is 0 Å². The Hall–Kier alpha value is -1.39. The molecule has 1 unspecified atom stereocenters. The molecule has 1 saturated heterocycles. The van der Waals surface area contributed by atoms with Crippen LogP contribution in [0.4, 0.5) is 5.69 Å². The highest BCUT2D eigenvalue weighted by molar-refractivity contribution is 5.93. The van der Waals surface area contributed by atoms with Crippen LogP contribution >= 0.6 is 0 Å². The minimum atomic E-state index is 0.123. The molecule has 1 fully saturated rings. The van der Waals surface area contributed by atoms with Crippen LogP contribution in [-0.4, -0.2) is 38.0 Å². The fraction of sp³-hybridized carbons (Fsp3) is 0.500. The molecule has 1 aliphatic rings. The summed E-state index contributed by atoms with van der Waals surface area (Å²) in [5.74, 6) is 0.264. The molecule has 18 heavy (non-hydrogen) atoms. The third-order valence-corrected chi connectivity index (χ3v) is 3.40. The van der Waals surface area contributed by atoms with Crippen molar-refractivity contribution >= 4 is 11.6 Å². The van der Waals surface area contributed by atoms with E-state index >= 15 is 0 Å². The molecule has 98 valence electrons. The zero-order chi connectivity index (χ0) is 13.0. The number of nitrogens with one attached hydrogen (secondary N) is 2. The molecule has 1 aliphatic heterocycles. The number of benzene rings is 1. The maximum absolute atomic E-state index is 12.2. The summed E-state index contributed by atoms with van der Waals surface area (Å²) in [6.45, 7) is 2.64. The molecular weight excluding hydrogens is 226 g/mol. The summed E-state index contributed by atoms with van der Waals surface area (Å²) < 4.78 is 0. The maximum Gasteiger partial charge on any atom is 0.228 e. The van der Waals surface area contributed by atoms with Crippen LogP contribution in [0.15, 0.2) is 24.3 Å².